The first kappa shape index (κ1) is 12.6. The van der Waals surface area contributed by atoms with Crippen molar-refractivity contribution in [2.75, 3.05) is 6.54 Å². The zero-order chi connectivity index (χ0) is 13.3. The quantitative estimate of drug-likeness (QED) is 0.851. The molecule has 1 unspecified atom stereocenters. The van der Waals surface area contributed by atoms with Gasteiger partial charge in [0.05, 0.1) is 6.54 Å². The minimum absolute atomic E-state index is 0.0234. The molecule has 1 aliphatic heterocycles. The number of nitrogens with one attached hydrogen (secondary N) is 1. The van der Waals surface area contributed by atoms with Gasteiger partial charge in [-0.2, -0.15) is 0 Å². The van der Waals surface area contributed by atoms with Gasteiger partial charge in [-0.3, -0.25) is 9.59 Å². The first-order valence-electron chi connectivity index (χ1n) is 6.13. The fraction of sp³-hybridized carbons (Fsp3) is 0.429. The van der Waals surface area contributed by atoms with Crippen LogP contribution in [0.4, 0.5) is 0 Å². The Labute approximate surface area is 107 Å². The normalized spacial score (nSPS) is 19.9. The van der Waals surface area contributed by atoms with E-state index in [1.807, 2.05) is 32.0 Å². The first-order valence-corrected chi connectivity index (χ1v) is 6.13. The van der Waals surface area contributed by atoms with Gasteiger partial charge in [-0.1, -0.05) is 18.2 Å². The van der Waals surface area contributed by atoms with Crippen molar-refractivity contribution in [1.29, 1.82) is 0 Å². The topological polar surface area (TPSA) is 49.4 Å². The third-order valence-electron chi connectivity index (χ3n) is 3.55. The van der Waals surface area contributed by atoms with Gasteiger partial charge in [0.15, 0.2) is 0 Å². The molecule has 0 spiro atoms. The number of rotatable bonds is 2. The molecule has 0 bridgehead atoms. The monoisotopic (exact) mass is 246 g/mol. The summed E-state index contributed by atoms with van der Waals surface area (Å²) in [7, 11) is 0. The molecular formula is C14H18N2O2. The molecule has 1 saturated heterocycles. The molecule has 1 heterocycles. The Morgan fingerprint density at radius 3 is 2.50 bits per heavy atom. The van der Waals surface area contributed by atoms with Crippen molar-refractivity contribution in [1.82, 2.24) is 10.2 Å². The van der Waals surface area contributed by atoms with Crippen LogP contribution in [-0.4, -0.2) is 29.3 Å². The molecule has 1 N–H and O–H groups in total. The highest BCUT2D eigenvalue weighted by molar-refractivity contribution is 5.94. The van der Waals surface area contributed by atoms with E-state index in [1.54, 1.807) is 11.8 Å². The largest absolute Gasteiger partial charge is 0.345 e. The summed E-state index contributed by atoms with van der Waals surface area (Å²) in [6.07, 6.45) is 0. The molecule has 1 fully saturated rings. The molecule has 2 rings (SSSR count). The van der Waals surface area contributed by atoms with Gasteiger partial charge in [-0.25, -0.2) is 0 Å². The molecule has 18 heavy (non-hydrogen) atoms. The number of hydrogen-bond donors (Lipinski definition) is 1. The van der Waals surface area contributed by atoms with E-state index in [2.05, 4.69) is 5.32 Å². The van der Waals surface area contributed by atoms with Gasteiger partial charge in [-0.05, 0) is 37.5 Å². The van der Waals surface area contributed by atoms with E-state index in [4.69, 9.17) is 0 Å². The summed E-state index contributed by atoms with van der Waals surface area (Å²) in [5.41, 5.74) is 3.44. The zero-order valence-corrected chi connectivity index (χ0v) is 11.0. The molecule has 4 nitrogen and oxygen atoms in total. The smallest absolute Gasteiger partial charge is 0.242 e. The summed E-state index contributed by atoms with van der Waals surface area (Å²) in [5, 5.41) is 2.60. The number of benzene rings is 1. The predicted molar refractivity (Wildman–Crippen MR) is 68.9 cm³/mol. The van der Waals surface area contributed by atoms with Crippen LogP contribution in [0.3, 0.4) is 0 Å². The number of nitrogens with zero attached hydrogens (tertiary/aromatic N) is 1. The van der Waals surface area contributed by atoms with Crippen LogP contribution in [0.15, 0.2) is 18.2 Å². The third-order valence-corrected chi connectivity index (χ3v) is 3.55. The number of amides is 2. The van der Waals surface area contributed by atoms with Crippen molar-refractivity contribution in [3.05, 3.63) is 34.9 Å². The molecule has 96 valence electrons. The predicted octanol–water partition coefficient (Wildman–Crippen LogP) is 1.15. The molecule has 1 atom stereocenters. The number of piperazine rings is 1. The van der Waals surface area contributed by atoms with Crippen molar-refractivity contribution >= 4 is 11.8 Å². The van der Waals surface area contributed by atoms with Crippen LogP contribution in [0.5, 0.6) is 0 Å². The van der Waals surface area contributed by atoms with Crippen molar-refractivity contribution in [3.63, 3.8) is 0 Å². The Morgan fingerprint density at radius 1 is 1.28 bits per heavy atom. The van der Waals surface area contributed by atoms with E-state index in [9.17, 15) is 9.59 Å². The average molecular weight is 246 g/mol. The summed E-state index contributed by atoms with van der Waals surface area (Å²) in [4.78, 5) is 25.1. The molecule has 2 amide bonds. The van der Waals surface area contributed by atoms with Crippen LogP contribution < -0.4 is 5.32 Å². The molecular weight excluding hydrogens is 228 g/mol. The minimum atomic E-state index is -0.398. The maximum Gasteiger partial charge on any atom is 0.242 e. The molecule has 1 aliphatic rings. The average Bonchev–Trinajstić information content (AvgIpc) is 2.33. The molecule has 0 aromatic heterocycles. The molecule has 0 aliphatic carbocycles. The van der Waals surface area contributed by atoms with Crippen molar-refractivity contribution in [2.45, 2.75) is 33.4 Å². The fourth-order valence-corrected chi connectivity index (χ4v) is 2.26. The zero-order valence-electron chi connectivity index (χ0n) is 11.0. The number of hydrogen-bond acceptors (Lipinski definition) is 2. The van der Waals surface area contributed by atoms with Crippen LogP contribution in [0.2, 0.25) is 0 Å². The second kappa shape index (κ2) is 4.80. The SMILES string of the molecule is Cc1cccc(C)c1CN1C(=O)CNC(=O)C1C. The third kappa shape index (κ3) is 2.23. The molecule has 0 saturated carbocycles. The highest BCUT2D eigenvalue weighted by Crippen LogP contribution is 2.18. The minimum Gasteiger partial charge on any atom is -0.345 e. The lowest BCUT2D eigenvalue weighted by Gasteiger charge is -2.33. The Hall–Kier alpha value is -1.84. The lowest BCUT2D eigenvalue weighted by Crippen LogP contribution is -2.56. The summed E-state index contributed by atoms with van der Waals surface area (Å²) in [6.45, 7) is 6.43. The van der Waals surface area contributed by atoms with Gasteiger partial charge in [-0.15, -0.1) is 0 Å². The maximum atomic E-state index is 11.9. The highest BCUT2D eigenvalue weighted by Gasteiger charge is 2.31. The van der Waals surface area contributed by atoms with E-state index < -0.39 is 6.04 Å². The van der Waals surface area contributed by atoms with Gasteiger partial charge in [0.1, 0.15) is 6.04 Å². The van der Waals surface area contributed by atoms with Crippen molar-refractivity contribution in [3.8, 4) is 0 Å². The second-order valence-corrected chi connectivity index (χ2v) is 4.79. The summed E-state index contributed by atoms with van der Waals surface area (Å²) in [5.74, 6) is -0.106. The number of carbonyl (C=O) groups is 2. The van der Waals surface area contributed by atoms with Gasteiger partial charge in [0.2, 0.25) is 11.8 Å². The number of carbonyl (C=O) groups excluding carboxylic acids is 2. The molecule has 1 aromatic rings. The maximum absolute atomic E-state index is 11.9. The van der Waals surface area contributed by atoms with Crippen molar-refractivity contribution < 1.29 is 9.59 Å². The standard InChI is InChI=1S/C14H18N2O2/c1-9-5-4-6-10(2)12(9)8-16-11(3)14(18)15-7-13(16)17/h4-6,11H,7-8H2,1-3H3,(H,15,18). The Bertz CT molecular complexity index is 476. The van der Waals surface area contributed by atoms with E-state index in [1.165, 1.54) is 0 Å². The lowest BCUT2D eigenvalue weighted by atomic mass is 10.0. The van der Waals surface area contributed by atoms with Crippen LogP contribution in [-0.2, 0) is 16.1 Å². The van der Waals surface area contributed by atoms with Crippen LogP contribution in [0.1, 0.15) is 23.6 Å². The fourth-order valence-electron chi connectivity index (χ4n) is 2.26. The van der Waals surface area contributed by atoms with Crippen LogP contribution in [0.25, 0.3) is 0 Å². The van der Waals surface area contributed by atoms with Crippen LogP contribution >= 0.6 is 0 Å². The van der Waals surface area contributed by atoms with Crippen LogP contribution in [0, 0.1) is 13.8 Å². The molecule has 0 radical (unpaired) electrons. The Balaban J connectivity index is 2.27. The van der Waals surface area contributed by atoms with E-state index in [0.717, 1.165) is 16.7 Å². The lowest BCUT2D eigenvalue weighted by molar-refractivity contribution is -0.145. The second-order valence-electron chi connectivity index (χ2n) is 4.79. The molecule has 4 heteroatoms. The summed E-state index contributed by atoms with van der Waals surface area (Å²) >= 11 is 0. The number of aryl methyl sites for hydroxylation is 2. The van der Waals surface area contributed by atoms with E-state index in [0.29, 0.717) is 6.54 Å². The van der Waals surface area contributed by atoms with Gasteiger partial charge in [0, 0.05) is 6.54 Å². The highest BCUT2D eigenvalue weighted by atomic mass is 16.2. The Morgan fingerprint density at radius 2 is 1.89 bits per heavy atom. The first-order chi connectivity index (χ1) is 8.50. The Kier molecular flexibility index (Phi) is 3.36. The summed E-state index contributed by atoms with van der Waals surface area (Å²) in [6, 6.07) is 5.66. The van der Waals surface area contributed by atoms with E-state index >= 15 is 0 Å². The summed E-state index contributed by atoms with van der Waals surface area (Å²) < 4.78 is 0. The molecule has 1 aromatic carbocycles. The van der Waals surface area contributed by atoms with Gasteiger partial charge < -0.3 is 10.2 Å². The van der Waals surface area contributed by atoms with E-state index in [-0.39, 0.29) is 18.4 Å². The van der Waals surface area contributed by atoms with Gasteiger partial charge in [0.25, 0.3) is 0 Å². The van der Waals surface area contributed by atoms with Gasteiger partial charge >= 0.3 is 0 Å². The van der Waals surface area contributed by atoms with Crippen molar-refractivity contribution in [2.24, 2.45) is 0 Å².